The summed E-state index contributed by atoms with van der Waals surface area (Å²) >= 11 is 0. The van der Waals surface area contributed by atoms with Crippen LogP contribution >= 0.6 is 0 Å². The van der Waals surface area contributed by atoms with Crippen LogP contribution in [0.25, 0.3) is 0 Å². The van der Waals surface area contributed by atoms with Crippen LogP contribution in [-0.4, -0.2) is 36.4 Å². The lowest BCUT2D eigenvalue weighted by molar-refractivity contribution is -0.161. The molecule has 0 rings (SSSR count). The van der Waals surface area contributed by atoms with Gasteiger partial charge in [0.25, 0.3) is 0 Å². The number of hydrogen-bond acceptors (Lipinski definition) is 5. The largest absolute Gasteiger partial charge is 0.462 e. The van der Waals surface area contributed by atoms with E-state index in [1.165, 1.54) is 32.1 Å². The number of ether oxygens (including phenoxy) is 2. The summed E-state index contributed by atoms with van der Waals surface area (Å²) in [5.41, 5.74) is 0. The molecule has 0 aromatic rings. The van der Waals surface area contributed by atoms with Crippen LogP contribution in [0.1, 0.15) is 123 Å². The summed E-state index contributed by atoms with van der Waals surface area (Å²) in [4.78, 5) is 23.9. The molecule has 0 unspecified atom stereocenters. The summed E-state index contributed by atoms with van der Waals surface area (Å²) < 4.78 is 10.4. The smallest absolute Gasteiger partial charge is 0.306 e. The molecule has 0 amide bonds. The number of rotatable bonds is 26. The SMILES string of the molecule is CC/C=C/C/C=C/C/C=C/C/C=C/C/C=C/CCCC(=O)O[C@@H](CO)COC(=O)CCCCCCCCCC. The second-order valence-corrected chi connectivity index (χ2v) is 9.80. The first kappa shape index (κ1) is 36.6. The minimum Gasteiger partial charge on any atom is -0.462 e. The normalized spacial score (nSPS) is 13.0. The van der Waals surface area contributed by atoms with Gasteiger partial charge in [-0.2, -0.15) is 0 Å². The number of carbonyl (C=O) groups is 2. The lowest BCUT2D eigenvalue weighted by Crippen LogP contribution is -2.28. The van der Waals surface area contributed by atoms with Gasteiger partial charge in [0.2, 0.25) is 0 Å². The standard InChI is InChI=1S/C34H56O5/c1-3-5-7-9-11-13-14-15-16-17-18-19-20-21-23-25-27-29-34(37)39-32(30-35)31-38-33(36)28-26-24-22-12-10-8-6-4-2/h5,7,11,13,15-16,18-19,21,23,32,35H,3-4,6,8-10,12,14,17,20,22,24-31H2,1-2H3/b7-5+,13-11+,16-15+,19-18+,23-21+/t32-/m0/s1. The predicted octanol–water partition coefficient (Wildman–Crippen LogP) is 8.89. The van der Waals surface area contributed by atoms with Gasteiger partial charge in [0.15, 0.2) is 6.10 Å². The third kappa shape index (κ3) is 28.4. The molecule has 5 nitrogen and oxygen atoms in total. The second-order valence-electron chi connectivity index (χ2n) is 9.80. The Morgan fingerprint density at radius 3 is 1.64 bits per heavy atom. The van der Waals surface area contributed by atoms with E-state index in [1.807, 2.05) is 0 Å². The minimum atomic E-state index is -0.797. The Morgan fingerprint density at radius 2 is 1.10 bits per heavy atom. The van der Waals surface area contributed by atoms with Gasteiger partial charge in [-0.05, 0) is 51.4 Å². The molecular formula is C34H56O5. The molecule has 0 aromatic carbocycles. The lowest BCUT2D eigenvalue weighted by atomic mass is 10.1. The monoisotopic (exact) mass is 544 g/mol. The number of allylic oxidation sites excluding steroid dienone is 10. The first-order chi connectivity index (χ1) is 19.1. The summed E-state index contributed by atoms with van der Waals surface area (Å²) in [6.07, 6.45) is 37.1. The summed E-state index contributed by atoms with van der Waals surface area (Å²) in [5.74, 6) is -0.672. The zero-order valence-corrected chi connectivity index (χ0v) is 24.9. The zero-order valence-electron chi connectivity index (χ0n) is 24.9. The van der Waals surface area contributed by atoms with Crippen molar-refractivity contribution in [1.29, 1.82) is 0 Å². The van der Waals surface area contributed by atoms with Gasteiger partial charge in [-0.25, -0.2) is 0 Å². The third-order valence-electron chi connectivity index (χ3n) is 6.08. The van der Waals surface area contributed by atoms with Crippen LogP contribution in [-0.2, 0) is 19.1 Å². The van der Waals surface area contributed by atoms with E-state index in [0.29, 0.717) is 12.8 Å². The van der Waals surface area contributed by atoms with Gasteiger partial charge in [0, 0.05) is 12.8 Å². The fourth-order valence-corrected chi connectivity index (χ4v) is 3.76. The van der Waals surface area contributed by atoms with Gasteiger partial charge < -0.3 is 14.6 Å². The van der Waals surface area contributed by atoms with Gasteiger partial charge in [-0.1, -0.05) is 120 Å². The maximum atomic E-state index is 12.0. The van der Waals surface area contributed by atoms with E-state index in [2.05, 4.69) is 74.6 Å². The van der Waals surface area contributed by atoms with Crippen molar-refractivity contribution in [2.24, 2.45) is 0 Å². The molecule has 5 heteroatoms. The molecule has 0 aliphatic heterocycles. The molecule has 0 aromatic heterocycles. The Morgan fingerprint density at radius 1 is 0.615 bits per heavy atom. The molecule has 39 heavy (non-hydrogen) atoms. The van der Waals surface area contributed by atoms with E-state index in [-0.39, 0.29) is 31.6 Å². The number of aliphatic hydroxyl groups excluding tert-OH is 1. The van der Waals surface area contributed by atoms with E-state index < -0.39 is 6.10 Å². The van der Waals surface area contributed by atoms with Crippen molar-refractivity contribution in [3.05, 3.63) is 60.8 Å². The van der Waals surface area contributed by atoms with Crippen LogP contribution in [0.15, 0.2) is 60.8 Å². The van der Waals surface area contributed by atoms with E-state index in [4.69, 9.17) is 9.47 Å². The highest BCUT2D eigenvalue weighted by atomic mass is 16.6. The molecular weight excluding hydrogens is 488 g/mol. The molecule has 0 aliphatic carbocycles. The summed E-state index contributed by atoms with van der Waals surface area (Å²) in [7, 11) is 0. The highest BCUT2D eigenvalue weighted by Crippen LogP contribution is 2.10. The van der Waals surface area contributed by atoms with Crippen LogP contribution in [0.4, 0.5) is 0 Å². The van der Waals surface area contributed by atoms with Crippen LogP contribution < -0.4 is 0 Å². The zero-order chi connectivity index (χ0) is 28.7. The van der Waals surface area contributed by atoms with Crippen LogP contribution in [0, 0.1) is 0 Å². The van der Waals surface area contributed by atoms with Crippen molar-refractivity contribution in [2.75, 3.05) is 13.2 Å². The van der Waals surface area contributed by atoms with Crippen molar-refractivity contribution in [3.63, 3.8) is 0 Å². The van der Waals surface area contributed by atoms with E-state index in [0.717, 1.165) is 57.8 Å². The second kappa shape index (κ2) is 30.1. The molecule has 0 spiro atoms. The van der Waals surface area contributed by atoms with Gasteiger partial charge in [-0.3, -0.25) is 9.59 Å². The Labute approximate surface area is 239 Å². The van der Waals surface area contributed by atoms with Crippen molar-refractivity contribution in [3.8, 4) is 0 Å². The average molecular weight is 545 g/mol. The Hall–Kier alpha value is -2.40. The van der Waals surface area contributed by atoms with Crippen LogP contribution in [0.2, 0.25) is 0 Å². The molecule has 222 valence electrons. The first-order valence-corrected chi connectivity index (χ1v) is 15.3. The number of unbranched alkanes of at least 4 members (excludes halogenated alkanes) is 8. The first-order valence-electron chi connectivity index (χ1n) is 15.3. The summed E-state index contributed by atoms with van der Waals surface area (Å²) in [6, 6.07) is 0. The quantitative estimate of drug-likeness (QED) is 0.0669. The molecule has 0 saturated carbocycles. The van der Waals surface area contributed by atoms with E-state index in [9.17, 15) is 14.7 Å². The van der Waals surface area contributed by atoms with Crippen LogP contribution in [0.5, 0.6) is 0 Å². The lowest BCUT2D eigenvalue weighted by Gasteiger charge is -2.15. The molecule has 0 bridgehead atoms. The predicted molar refractivity (Wildman–Crippen MR) is 163 cm³/mol. The van der Waals surface area contributed by atoms with Crippen molar-refractivity contribution in [1.82, 2.24) is 0 Å². The van der Waals surface area contributed by atoms with E-state index in [1.54, 1.807) is 0 Å². The molecule has 0 fully saturated rings. The van der Waals surface area contributed by atoms with Crippen molar-refractivity contribution in [2.45, 2.75) is 129 Å². The Kier molecular flexibility index (Phi) is 28.3. The number of carbonyl (C=O) groups excluding carboxylic acids is 2. The molecule has 1 atom stereocenters. The summed E-state index contributed by atoms with van der Waals surface area (Å²) in [6.45, 7) is 3.91. The highest BCUT2D eigenvalue weighted by Gasteiger charge is 2.15. The molecule has 1 N–H and O–H groups in total. The van der Waals surface area contributed by atoms with Gasteiger partial charge in [0.05, 0.1) is 6.61 Å². The number of aliphatic hydroxyl groups is 1. The Bertz CT molecular complexity index is 717. The maximum absolute atomic E-state index is 12.0. The minimum absolute atomic E-state index is 0.0904. The maximum Gasteiger partial charge on any atom is 0.306 e. The summed E-state index contributed by atoms with van der Waals surface area (Å²) in [5, 5.41) is 9.45. The van der Waals surface area contributed by atoms with Gasteiger partial charge in [0.1, 0.15) is 6.61 Å². The fraction of sp³-hybridized carbons (Fsp3) is 0.647. The van der Waals surface area contributed by atoms with Crippen molar-refractivity contribution < 1.29 is 24.2 Å². The fourth-order valence-electron chi connectivity index (χ4n) is 3.76. The molecule has 0 heterocycles. The van der Waals surface area contributed by atoms with Gasteiger partial charge in [-0.15, -0.1) is 0 Å². The van der Waals surface area contributed by atoms with Gasteiger partial charge >= 0.3 is 11.9 Å². The van der Waals surface area contributed by atoms with Crippen molar-refractivity contribution >= 4 is 11.9 Å². The average Bonchev–Trinajstić information content (AvgIpc) is 2.94. The molecule has 0 saturated heterocycles. The third-order valence-corrected chi connectivity index (χ3v) is 6.08. The van der Waals surface area contributed by atoms with E-state index >= 15 is 0 Å². The molecule has 0 radical (unpaired) electrons. The Balaban J connectivity index is 3.76. The molecule has 0 aliphatic rings. The topological polar surface area (TPSA) is 72.8 Å². The number of hydrogen-bond donors (Lipinski definition) is 1. The van der Waals surface area contributed by atoms with Crippen LogP contribution in [0.3, 0.4) is 0 Å². The number of esters is 2. The highest BCUT2D eigenvalue weighted by molar-refractivity contribution is 5.70.